The van der Waals surface area contributed by atoms with Gasteiger partial charge in [0.25, 0.3) is 5.91 Å². The number of carbonyl (C=O) groups is 3. The number of aromatic nitrogens is 2. The largest absolute Gasteiger partial charge is 0.474 e. The Bertz CT molecular complexity index is 1270. The molecular weight excluding hydrogens is 558 g/mol. The van der Waals surface area contributed by atoms with Gasteiger partial charge in [-0.1, -0.05) is 12.2 Å². The summed E-state index contributed by atoms with van der Waals surface area (Å²) in [5.41, 5.74) is -1.43. The van der Waals surface area contributed by atoms with Gasteiger partial charge < -0.3 is 15.0 Å². The predicted molar refractivity (Wildman–Crippen MR) is 149 cm³/mol. The normalized spacial score (nSPS) is 27.4. The van der Waals surface area contributed by atoms with E-state index in [0.29, 0.717) is 19.4 Å². The Hall–Kier alpha value is -2.99. The van der Waals surface area contributed by atoms with Crippen molar-refractivity contribution in [2.75, 3.05) is 13.6 Å². The van der Waals surface area contributed by atoms with Gasteiger partial charge in [0.15, 0.2) is 0 Å². The van der Waals surface area contributed by atoms with Crippen LogP contribution in [0.25, 0.3) is 0 Å². The zero-order valence-electron chi connectivity index (χ0n) is 22.6. The number of hydrogen-bond donors (Lipinski definition) is 2. The van der Waals surface area contributed by atoms with E-state index in [2.05, 4.69) is 33.2 Å². The van der Waals surface area contributed by atoms with Gasteiger partial charge in [-0.2, -0.15) is 4.98 Å². The van der Waals surface area contributed by atoms with Gasteiger partial charge in [-0.3, -0.25) is 19.1 Å². The Morgan fingerprint density at radius 2 is 1.95 bits per heavy atom. The maximum atomic E-state index is 13.7. The summed E-state index contributed by atoms with van der Waals surface area (Å²) in [6.07, 6.45) is 8.50. The van der Waals surface area contributed by atoms with E-state index in [1.807, 2.05) is 6.08 Å². The van der Waals surface area contributed by atoms with Gasteiger partial charge in [0.05, 0.1) is 17.1 Å². The zero-order valence-corrected chi connectivity index (χ0v) is 24.1. The van der Waals surface area contributed by atoms with Crippen LogP contribution in [0.2, 0.25) is 5.28 Å². The van der Waals surface area contributed by atoms with Crippen LogP contribution in [0.4, 0.5) is 0 Å². The number of hydrogen-bond acceptors (Lipinski definition) is 8. The Kier molecular flexibility index (Phi) is 9.19. The summed E-state index contributed by atoms with van der Waals surface area (Å²) in [4.78, 5) is 49.9. The van der Waals surface area contributed by atoms with Gasteiger partial charge in [-0.25, -0.2) is 13.4 Å². The molecular formula is C27H36ClN5O6S. The minimum absolute atomic E-state index is 0.00924. The highest BCUT2D eigenvalue weighted by Crippen LogP contribution is 2.46. The van der Waals surface area contributed by atoms with E-state index in [-0.39, 0.29) is 36.3 Å². The average Bonchev–Trinajstić information content (AvgIpc) is 3.83. The van der Waals surface area contributed by atoms with Crippen molar-refractivity contribution in [2.24, 2.45) is 17.8 Å². The first-order valence-electron chi connectivity index (χ1n) is 13.5. The second kappa shape index (κ2) is 12.3. The molecule has 0 bridgehead atoms. The summed E-state index contributed by atoms with van der Waals surface area (Å²) in [7, 11) is -2.10. The van der Waals surface area contributed by atoms with Crippen LogP contribution in [0, 0.1) is 17.8 Å². The quantitative estimate of drug-likeness (QED) is 0.190. The first-order valence-corrected chi connectivity index (χ1v) is 15.4. The summed E-state index contributed by atoms with van der Waals surface area (Å²) in [5, 5.41) is 2.22. The minimum Gasteiger partial charge on any atom is -0.474 e. The van der Waals surface area contributed by atoms with E-state index in [9.17, 15) is 22.8 Å². The number of sulfonamides is 1. The van der Waals surface area contributed by atoms with Crippen molar-refractivity contribution in [1.82, 2.24) is 24.9 Å². The molecule has 3 aliphatic carbocycles. The van der Waals surface area contributed by atoms with E-state index >= 15 is 0 Å². The molecule has 1 heterocycles. The summed E-state index contributed by atoms with van der Waals surface area (Å²) in [6.45, 7) is 7.97. The minimum atomic E-state index is -3.81. The van der Waals surface area contributed by atoms with Crippen LogP contribution >= 0.6 is 11.6 Å². The van der Waals surface area contributed by atoms with Gasteiger partial charge >= 0.3 is 0 Å². The fourth-order valence-corrected chi connectivity index (χ4v) is 6.77. The van der Waals surface area contributed by atoms with Crippen molar-refractivity contribution < 1.29 is 27.5 Å². The second-order valence-electron chi connectivity index (χ2n) is 10.8. The lowest BCUT2D eigenvalue weighted by Crippen LogP contribution is -2.54. The van der Waals surface area contributed by atoms with Crippen molar-refractivity contribution in [3.8, 4) is 5.88 Å². The zero-order chi connectivity index (χ0) is 29.1. The molecule has 0 aliphatic heterocycles. The van der Waals surface area contributed by atoms with Crippen molar-refractivity contribution in [2.45, 2.75) is 68.3 Å². The molecule has 1 aromatic rings. The fourth-order valence-electron chi connectivity index (χ4n) is 5.27. The summed E-state index contributed by atoms with van der Waals surface area (Å²) in [5.74, 6) is -3.19. The van der Waals surface area contributed by atoms with Gasteiger partial charge in [0, 0.05) is 31.8 Å². The molecule has 1 aromatic heterocycles. The third-order valence-corrected chi connectivity index (χ3v) is 9.84. The molecule has 0 spiro atoms. The number of rotatable bonds is 14. The van der Waals surface area contributed by atoms with E-state index < -0.39 is 56.5 Å². The molecule has 3 fully saturated rings. The molecule has 4 rings (SSSR count). The van der Waals surface area contributed by atoms with E-state index in [4.69, 9.17) is 16.3 Å². The van der Waals surface area contributed by atoms with Crippen LogP contribution < -0.4 is 14.8 Å². The maximum Gasteiger partial charge on any atom is 0.259 e. The highest BCUT2D eigenvalue weighted by atomic mass is 35.5. The van der Waals surface area contributed by atoms with Crippen molar-refractivity contribution >= 4 is 39.3 Å². The first kappa shape index (κ1) is 30.0. The van der Waals surface area contributed by atoms with Crippen LogP contribution in [-0.2, 0) is 24.4 Å². The lowest BCUT2D eigenvalue weighted by Gasteiger charge is -2.26. The number of unbranched alkanes of at least 4 members (excludes halogenated alkanes) is 2. The van der Waals surface area contributed by atoms with Crippen molar-refractivity contribution in [3.63, 3.8) is 0 Å². The van der Waals surface area contributed by atoms with Gasteiger partial charge in [-0.05, 0) is 63.0 Å². The van der Waals surface area contributed by atoms with Gasteiger partial charge in [0.2, 0.25) is 33.0 Å². The van der Waals surface area contributed by atoms with Crippen LogP contribution in [0.3, 0.4) is 0 Å². The molecule has 40 heavy (non-hydrogen) atoms. The molecule has 5 atom stereocenters. The Morgan fingerprint density at radius 1 is 1.23 bits per heavy atom. The van der Waals surface area contributed by atoms with Gasteiger partial charge in [-0.15, -0.1) is 13.2 Å². The molecule has 218 valence electrons. The molecule has 0 saturated heterocycles. The molecule has 0 unspecified atom stereocenters. The molecule has 3 aliphatic rings. The number of nitrogens with one attached hydrogen (secondary N) is 2. The van der Waals surface area contributed by atoms with E-state index in [0.717, 1.165) is 19.3 Å². The van der Waals surface area contributed by atoms with Crippen LogP contribution in [0.15, 0.2) is 37.6 Å². The summed E-state index contributed by atoms with van der Waals surface area (Å²) < 4.78 is 33.0. The average molecular weight is 594 g/mol. The third-order valence-electron chi connectivity index (χ3n) is 7.84. The molecule has 11 nitrogen and oxygen atoms in total. The number of carbonyl (C=O) groups excluding carboxylic acids is 3. The van der Waals surface area contributed by atoms with Crippen LogP contribution in [-0.4, -0.2) is 71.5 Å². The van der Waals surface area contributed by atoms with Crippen LogP contribution in [0.1, 0.15) is 51.4 Å². The van der Waals surface area contributed by atoms with E-state index in [1.54, 1.807) is 18.0 Å². The molecule has 3 amide bonds. The molecule has 13 heteroatoms. The summed E-state index contributed by atoms with van der Waals surface area (Å²) in [6, 6.07) is 1.54. The topological polar surface area (TPSA) is 148 Å². The molecule has 0 aromatic carbocycles. The molecule has 2 N–H and O–H groups in total. The van der Waals surface area contributed by atoms with Crippen LogP contribution in [0.5, 0.6) is 5.88 Å². The highest BCUT2D eigenvalue weighted by molar-refractivity contribution is 7.91. The number of halogens is 1. The Balaban J connectivity index is 1.50. The lowest BCUT2D eigenvalue weighted by atomic mass is 9.93. The monoisotopic (exact) mass is 593 g/mol. The Morgan fingerprint density at radius 3 is 2.58 bits per heavy atom. The first-order chi connectivity index (χ1) is 19.0. The van der Waals surface area contributed by atoms with E-state index in [1.165, 1.54) is 12.3 Å². The predicted octanol–water partition coefficient (Wildman–Crippen LogP) is 2.39. The smallest absolute Gasteiger partial charge is 0.259 e. The number of allylic oxidation sites excluding steroid dienone is 1. The van der Waals surface area contributed by atoms with Crippen molar-refractivity contribution in [1.29, 1.82) is 0 Å². The SMILES string of the molecule is C=CCCCCN(C)C(=O)[C@@H]1C[C@H](Oc2ccnc(Cl)n2)C[C@H]1C(=O)N[C@]1(C(=O)NS(=O)(=O)C2CC2)C[C@H]1C=C. The highest BCUT2D eigenvalue weighted by Gasteiger charge is 2.62. The Labute approximate surface area is 239 Å². The fraction of sp³-hybridized carbons (Fsp3) is 0.593. The maximum absolute atomic E-state index is 13.7. The standard InChI is InChI=1S/C27H36ClN5O6S/c1-4-6-7-8-13-33(3)24(35)21-15-18(39-22-11-12-29-26(28)30-22)14-20(21)23(34)31-27(16-17(27)5-2)25(36)32-40(37,38)19-9-10-19/h4-5,11-12,17-21H,1-2,6-10,13-16H2,3H3,(H,31,34)(H,32,36)/t17-,18-,20-,21-,27-/m1/s1. The van der Waals surface area contributed by atoms with Gasteiger partial charge in [0.1, 0.15) is 11.6 Å². The second-order valence-corrected chi connectivity index (χ2v) is 13.1. The molecule has 3 saturated carbocycles. The lowest BCUT2D eigenvalue weighted by molar-refractivity contribution is -0.140. The number of nitrogens with zero attached hydrogens (tertiary/aromatic N) is 3. The number of amides is 3. The number of ether oxygens (including phenoxy) is 1. The van der Waals surface area contributed by atoms with Crippen molar-refractivity contribution in [3.05, 3.63) is 42.9 Å². The summed E-state index contributed by atoms with van der Waals surface area (Å²) >= 11 is 5.88. The third kappa shape index (κ3) is 6.83. The molecule has 0 radical (unpaired) electrons.